The molecule has 120 valence electrons. The second-order valence-corrected chi connectivity index (χ2v) is 7.07. The molecule has 1 aliphatic carbocycles. The van der Waals surface area contributed by atoms with Gasteiger partial charge in [-0.1, -0.05) is 12.8 Å². The lowest BCUT2D eigenvalue weighted by Gasteiger charge is -2.33. The molecule has 1 spiro atoms. The number of rotatable bonds is 1. The van der Waals surface area contributed by atoms with E-state index in [-0.39, 0.29) is 36.2 Å². The van der Waals surface area contributed by atoms with Crippen LogP contribution in [0.2, 0.25) is 0 Å². The van der Waals surface area contributed by atoms with Crippen molar-refractivity contribution in [1.82, 2.24) is 10.2 Å². The quantitative estimate of drug-likeness (QED) is 0.807. The van der Waals surface area contributed by atoms with Crippen molar-refractivity contribution in [3.8, 4) is 0 Å². The number of alkyl halides is 3. The monoisotopic (exact) mass is 304 g/mol. The number of hydrogen-bond donors (Lipinski definition) is 1. The molecule has 0 aromatic carbocycles. The molecular weight excluding hydrogens is 281 g/mol. The highest BCUT2D eigenvalue weighted by Gasteiger charge is 2.53. The molecule has 0 bridgehead atoms. The summed E-state index contributed by atoms with van der Waals surface area (Å²) in [4.78, 5) is 14.3. The van der Waals surface area contributed by atoms with Crippen LogP contribution in [0.25, 0.3) is 0 Å². The van der Waals surface area contributed by atoms with Crippen LogP contribution < -0.4 is 5.32 Å². The van der Waals surface area contributed by atoms with Gasteiger partial charge in [0.25, 0.3) is 0 Å². The molecule has 1 unspecified atom stereocenters. The normalized spacial score (nSPS) is 35.8. The number of amides is 1. The second-order valence-electron chi connectivity index (χ2n) is 7.07. The highest BCUT2D eigenvalue weighted by atomic mass is 19.4. The zero-order chi connectivity index (χ0) is 15.3. The summed E-state index contributed by atoms with van der Waals surface area (Å²) in [6.07, 6.45) is 0.172. The zero-order valence-corrected chi connectivity index (χ0v) is 12.4. The van der Waals surface area contributed by atoms with Gasteiger partial charge in [0.2, 0.25) is 5.91 Å². The van der Waals surface area contributed by atoms with Crippen molar-refractivity contribution >= 4 is 5.91 Å². The fraction of sp³-hybridized carbons (Fsp3) is 0.933. The van der Waals surface area contributed by atoms with Crippen LogP contribution in [0.15, 0.2) is 0 Å². The molecule has 3 fully saturated rings. The Kier molecular flexibility index (Phi) is 3.71. The molecule has 3 atom stereocenters. The molecule has 0 aromatic heterocycles. The lowest BCUT2D eigenvalue weighted by atomic mass is 9.76. The van der Waals surface area contributed by atoms with Crippen LogP contribution in [-0.2, 0) is 4.79 Å². The molecule has 0 aromatic rings. The largest absolute Gasteiger partial charge is 0.393 e. The van der Waals surface area contributed by atoms with Crippen LogP contribution >= 0.6 is 0 Å². The van der Waals surface area contributed by atoms with E-state index in [2.05, 4.69) is 5.32 Å². The van der Waals surface area contributed by atoms with E-state index in [1.54, 1.807) is 6.92 Å². The van der Waals surface area contributed by atoms with Gasteiger partial charge in [-0.15, -0.1) is 0 Å². The Bertz CT molecular complexity index is 412. The van der Waals surface area contributed by atoms with Gasteiger partial charge in [-0.2, -0.15) is 13.2 Å². The van der Waals surface area contributed by atoms with Gasteiger partial charge < -0.3 is 10.2 Å². The van der Waals surface area contributed by atoms with Crippen LogP contribution in [0.4, 0.5) is 13.2 Å². The third-order valence-electron chi connectivity index (χ3n) is 5.78. The minimum Gasteiger partial charge on any atom is -0.339 e. The second kappa shape index (κ2) is 5.14. The molecular formula is C15H23F3N2O. The topological polar surface area (TPSA) is 32.3 Å². The van der Waals surface area contributed by atoms with Gasteiger partial charge >= 0.3 is 6.18 Å². The number of carbonyl (C=O) groups excluding carboxylic acids is 1. The van der Waals surface area contributed by atoms with Gasteiger partial charge in [0.15, 0.2) is 0 Å². The molecule has 1 saturated carbocycles. The SMILES string of the molecule is C[C@@H]1C[C@H](C(F)(F)F)CN1C(=O)C1CNCC12CCCC2. The summed E-state index contributed by atoms with van der Waals surface area (Å²) in [6, 6.07) is -0.303. The minimum atomic E-state index is -4.19. The van der Waals surface area contributed by atoms with Crippen molar-refractivity contribution in [2.45, 2.75) is 51.2 Å². The number of halogens is 3. The maximum Gasteiger partial charge on any atom is 0.393 e. The lowest BCUT2D eigenvalue weighted by Crippen LogP contribution is -2.44. The summed E-state index contributed by atoms with van der Waals surface area (Å²) in [5.41, 5.74) is 0.00707. The van der Waals surface area contributed by atoms with Crippen molar-refractivity contribution in [1.29, 1.82) is 0 Å². The highest BCUT2D eigenvalue weighted by molar-refractivity contribution is 5.81. The van der Waals surface area contributed by atoms with Gasteiger partial charge in [-0.25, -0.2) is 0 Å². The Morgan fingerprint density at radius 2 is 1.95 bits per heavy atom. The molecule has 3 rings (SSSR count). The van der Waals surface area contributed by atoms with E-state index >= 15 is 0 Å². The summed E-state index contributed by atoms with van der Waals surface area (Å²) < 4.78 is 38.7. The minimum absolute atomic E-state index is 0.00707. The first-order chi connectivity index (χ1) is 9.83. The number of carbonyl (C=O) groups is 1. The van der Waals surface area contributed by atoms with Crippen molar-refractivity contribution in [2.24, 2.45) is 17.3 Å². The molecule has 21 heavy (non-hydrogen) atoms. The first kappa shape index (κ1) is 15.1. The molecule has 2 heterocycles. The fourth-order valence-electron chi connectivity index (χ4n) is 4.53. The highest BCUT2D eigenvalue weighted by Crippen LogP contribution is 2.48. The van der Waals surface area contributed by atoms with E-state index in [1.807, 2.05) is 0 Å². The molecule has 2 saturated heterocycles. The van der Waals surface area contributed by atoms with Gasteiger partial charge in [0.1, 0.15) is 0 Å². The maximum absolute atomic E-state index is 12.9. The van der Waals surface area contributed by atoms with Crippen LogP contribution in [0, 0.1) is 17.3 Å². The number of nitrogens with zero attached hydrogens (tertiary/aromatic N) is 1. The predicted molar refractivity (Wildman–Crippen MR) is 72.6 cm³/mol. The van der Waals surface area contributed by atoms with Crippen molar-refractivity contribution in [3.63, 3.8) is 0 Å². The number of nitrogens with one attached hydrogen (secondary N) is 1. The van der Waals surface area contributed by atoms with Crippen molar-refractivity contribution < 1.29 is 18.0 Å². The van der Waals surface area contributed by atoms with Crippen LogP contribution in [0.1, 0.15) is 39.0 Å². The zero-order valence-electron chi connectivity index (χ0n) is 12.4. The van der Waals surface area contributed by atoms with Gasteiger partial charge in [0.05, 0.1) is 11.8 Å². The third-order valence-corrected chi connectivity index (χ3v) is 5.78. The first-order valence-electron chi connectivity index (χ1n) is 7.91. The molecule has 3 aliphatic rings. The molecule has 1 amide bonds. The maximum atomic E-state index is 12.9. The summed E-state index contributed by atoms with van der Waals surface area (Å²) in [5, 5.41) is 3.30. The average Bonchev–Trinajstić information content (AvgIpc) is 3.10. The molecule has 0 radical (unpaired) electrons. The summed E-state index contributed by atoms with van der Waals surface area (Å²) in [6.45, 7) is 3.05. The molecule has 3 nitrogen and oxygen atoms in total. The smallest absolute Gasteiger partial charge is 0.339 e. The Hall–Kier alpha value is -0.780. The van der Waals surface area contributed by atoms with Crippen LogP contribution in [0.5, 0.6) is 0 Å². The average molecular weight is 304 g/mol. The fourth-order valence-corrected chi connectivity index (χ4v) is 4.53. The Morgan fingerprint density at radius 1 is 1.29 bits per heavy atom. The van der Waals surface area contributed by atoms with E-state index in [1.165, 1.54) is 4.90 Å². The van der Waals surface area contributed by atoms with Gasteiger partial charge in [0, 0.05) is 25.7 Å². The van der Waals surface area contributed by atoms with Crippen LogP contribution in [-0.4, -0.2) is 42.7 Å². The molecule has 1 N–H and O–H groups in total. The Labute approximate surface area is 123 Å². The summed E-state index contributed by atoms with van der Waals surface area (Å²) in [5.74, 6) is -1.54. The van der Waals surface area contributed by atoms with E-state index in [4.69, 9.17) is 0 Å². The Morgan fingerprint density at radius 3 is 2.52 bits per heavy atom. The predicted octanol–water partition coefficient (Wildman–Crippen LogP) is 2.57. The van der Waals surface area contributed by atoms with Crippen molar-refractivity contribution in [3.05, 3.63) is 0 Å². The van der Waals surface area contributed by atoms with E-state index in [9.17, 15) is 18.0 Å². The molecule has 6 heteroatoms. The van der Waals surface area contributed by atoms with Gasteiger partial charge in [-0.3, -0.25) is 4.79 Å². The summed E-state index contributed by atoms with van der Waals surface area (Å²) >= 11 is 0. The number of likely N-dealkylation sites (tertiary alicyclic amines) is 1. The third kappa shape index (κ3) is 2.56. The Balaban J connectivity index is 1.73. The summed E-state index contributed by atoms with van der Waals surface area (Å²) in [7, 11) is 0. The first-order valence-corrected chi connectivity index (χ1v) is 7.91. The standard InChI is InChI=1S/C15H23F3N2O/c1-10-6-11(15(16,17)18)8-20(10)13(21)12-7-19-9-14(12)4-2-3-5-14/h10-12,19H,2-9H2,1H3/t10-,11+,12?/m1/s1. The van der Waals surface area contributed by atoms with E-state index < -0.39 is 12.1 Å². The molecule has 2 aliphatic heterocycles. The van der Waals surface area contributed by atoms with Crippen LogP contribution in [0.3, 0.4) is 0 Å². The van der Waals surface area contributed by atoms with Crippen molar-refractivity contribution in [2.75, 3.05) is 19.6 Å². The lowest BCUT2D eigenvalue weighted by molar-refractivity contribution is -0.171. The van der Waals surface area contributed by atoms with E-state index in [0.717, 1.165) is 32.2 Å². The van der Waals surface area contributed by atoms with E-state index in [0.29, 0.717) is 6.54 Å². The van der Waals surface area contributed by atoms with Gasteiger partial charge in [-0.05, 0) is 31.6 Å². The number of hydrogen-bond acceptors (Lipinski definition) is 2.